The van der Waals surface area contributed by atoms with Gasteiger partial charge in [0, 0.05) is 31.2 Å². The van der Waals surface area contributed by atoms with E-state index in [1.165, 1.54) is 5.56 Å². The minimum Gasteiger partial charge on any atom is -0.475 e. The number of benzene rings is 1. The Hall–Kier alpha value is -3.24. The van der Waals surface area contributed by atoms with Gasteiger partial charge in [0.2, 0.25) is 0 Å². The molecule has 0 aliphatic heterocycles. The number of rotatable bonds is 6. The summed E-state index contributed by atoms with van der Waals surface area (Å²) in [5, 5.41) is 20.8. The number of halogens is 3. The number of carbonyl (C=O) groups is 1. The van der Waals surface area contributed by atoms with E-state index in [-0.39, 0.29) is 6.04 Å². The second kappa shape index (κ2) is 10.7. The second-order valence-electron chi connectivity index (χ2n) is 6.78. The Morgan fingerprint density at radius 1 is 1.16 bits per heavy atom. The van der Waals surface area contributed by atoms with Gasteiger partial charge >= 0.3 is 12.1 Å². The van der Waals surface area contributed by atoms with Gasteiger partial charge in [-0.3, -0.25) is 4.57 Å². The zero-order chi connectivity index (χ0) is 23.0. The highest BCUT2D eigenvalue weighted by Gasteiger charge is 2.38. The number of aliphatic hydroxyl groups is 1. The summed E-state index contributed by atoms with van der Waals surface area (Å²) >= 11 is 0. The van der Waals surface area contributed by atoms with E-state index in [2.05, 4.69) is 22.2 Å². The number of imidazole rings is 1. The van der Waals surface area contributed by atoms with Gasteiger partial charge in [0.05, 0.1) is 6.10 Å². The average Bonchev–Trinajstić information content (AvgIpc) is 3.27. The number of alkyl halides is 3. The van der Waals surface area contributed by atoms with Crippen LogP contribution >= 0.6 is 0 Å². The molecule has 2 heterocycles. The number of carboxylic acid groups (broad SMARTS) is 1. The van der Waals surface area contributed by atoms with Crippen LogP contribution in [0.5, 0.6) is 0 Å². The molecular weight excluding hydrogens is 413 g/mol. The number of hydrogen-bond acceptors (Lipinski definition) is 5. The number of nitrogens with one attached hydrogen (secondary N) is 1. The minimum absolute atomic E-state index is 0.106. The molecule has 1 aromatic carbocycles. The van der Waals surface area contributed by atoms with Crippen molar-refractivity contribution in [1.82, 2.24) is 19.9 Å². The number of aromatic nitrogens is 3. The topological polar surface area (TPSA) is 100 Å². The maximum atomic E-state index is 10.6. The molecule has 0 amide bonds. The first-order valence-corrected chi connectivity index (χ1v) is 9.30. The Morgan fingerprint density at radius 3 is 2.26 bits per heavy atom. The summed E-state index contributed by atoms with van der Waals surface area (Å²) in [4.78, 5) is 17.4. The molecule has 0 spiro atoms. The highest BCUT2D eigenvalue weighted by atomic mass is 19.4. The number of aliphatic hydroxyl groups excluding tert-OH is 1. The van der Waals surface area contributed by atoms with E-state index in [9.17, 15) is 18.3 Å². The summed E-state index contributed by atoms with van der Waals surface area (Å²) in [6.45, 7) is 4.60. The van der Waals surface area contributed by atoms with Crippen LogP contribution in [0.2, 0.25) is 0 Å². The molecule has 0 aliphatic rings. The number of nitrogens with zero attached hydrogens (tertiary/aromatic N) is 3. The molecule has 2 aromatic heterocycles. The van der Waals surface area contributed by atoms with Crippen LogP contribution in [0, 0.1) is 6.92 Å². The summed E-state index contributed by atoms with van der Waals surface area (Å²) in [7, 11) is 0. The van der Waals surface area contributed by atoms with Gasteiger partial charge in [0.15, 0.2) is 0 Å². The summed E-state index contributed by atoms with van der Waals surface area (Å²) in [5.41, 5.74) is 3.19. The van der Waals surface area contributed by atoms with Crippen LogP contribution in [0.1, 0.15) is 35.8 Å². The van der Waals surface area contributed by atoms with Crippen LogP contribution in [-0.2, 0) is 4.79 Å². The molecule has 7 nitrogen and oxygen atoms in total. The first-order valence-electron chi connectivity index (χ1n) is 9.30. The van der Waals surface area contributed by atoms with Crippen LogP contribution in [0.4, 0.5) is 13.2 Å². The molecule has 2 unspecified atom stereocenters. The molecule has 0 radical (unpaired) electrons. The third kappa shape index (κ3) is 7.50. The van der Waals surface area contributed by atoms with Crippen LogP contribution in [0.3, 0.4) is 0 Å². The van der Waals surface area contributed by atoms with Crippen molar-refractivity contribution < 1.29 is 28.2 Å². The molecule has 0 fully saturated rings. The SMILES string of the molecule is Cc1ccc(C(O)CNC(C)c2ccc(-n3ccnc3)nc2)cc1.O=C(O)C(F)(F)F. The lowest BCUT2D eigenvalue weighted by molar-refractivity contribution is -0.192. The lowest BCUT2D eigenvalue weighted by Gasteiger charge is -2.18. The zero-order valence-corrected chi connectivity index (χ0v) is 16.9. The van der Waals surface area contributed by atoms with Crippen molar-refractivity contribution in [3.05, 3.63) is 78.0 Å². The van der Waals surface area contributed by atoms with Crippen LogP contribution in [0.15, 0.2) is 61.3 Å². The quantitative estimate of drug-likeness (QED) is 0.546. The highest BCUT2D eigenvalue weighted by Crippen LogP contribution is 2.17. The first-order chi connectivity index (χ1) is 14.6. The number of pyridine rings is 1. The molecule has 166 valence electrons. The van der Waals surface area contributed by atoms with Gasteiger partial charge < -0.3 is 15.5 Å². The van der Waals surface area contributed by atoms with E-state index in [4.69, 9.17) is 9.90 Å². The number of carboxylic acids is 1. The zero-order valence-electron chi connectivity index (χ0n) is 16.9. The van der Waals surface area contributed by atoms with Gasteiger partial charge in [-0.25, -0.2) is 14.8 Å². The minimum atomic E-state index is -5.08. The van der Waals surface area contributed by atoms with E-state index >= 15 is 0 Å². The molecule has 3 N–H and O–H groups in total. The van der Waals surface area contributed by atoms with Crippen molar-refractivity contribution in [3.8, 4) is 5.82 Å². The van der Waals surface area contributed by atoms with E-state index in [0.717, 1.165) is 16.9 Å². The van der Waals surface area contributed by atoms with Crippen molar-refractivity contribution >= 4 is 5.97 Å². The van der Waals surface area contributed by atoms with E-state index < -0.39 is 18.2 Å². The maximum Gasteiger partial charge on any atom is 0.490 e. The van der Waals surface area contributed by atoms with Crippen molar-refractivity contribution in [2.75, 3.05) is 6.54 Å². The van der Waals surface area contributed by atoms with Crippen LogP contribution in [-0.4, -0.2) is 43.4 Å². The molecular formula is C21H23F3N4O3. The third-order valence-electron chi connectivity index (χ3n) is 4.36. The molecule has 3 rings (SSSR count). The van der Waals surface area contributed by atoms with Gasteiger partial charge in [-0.2, -0.15) is 13.2 Å². The lowest BCUT2D eigenvalue weighted by atomic mass is 10.1. The normalized spacial score (nSPS) is 13.1. The van der Waals surface area contributed by atoms with Crippen LogP contribution < -0.4 is 5.32 Å². The average molecular weight is 436 g/mol. The molecule has 2 atom stereocenters. The smallest absolute Gasteiger partial charge is 0.475 e. The number of aliphatic carboxylic acids is 1. The lowest BCUT2D eigenvalue weighted by Crippen LogP contribution is -2.24. The van der Waals surface area contributed by atoms with E-state index in [1.807, 2.05) is 60.3 Å². The Labute approximate surface area is 177 Å². The second-order valence-corrected chi connectivity index (χ2v) is 6.78. The highest BCUT2D eigenvalue weighted by molar-refractivity contribution is 5.73. The van der Waals surface area contributed by atoms with E-state index in [1.54, 1.807) is 12.5 Å². The standard InChI is InChI=1S/C19H22N4O.C2HF3O2/c1-14-3-5-16(6-4-14)18(24)12-21-15(2)17-7-8-19(22-11-17)23-10-9-20-13-23;3-2(4,5)1(6)7/h3-11,13,15,18,21,24H,12H2,1-2H3;(H,6,7). The Balaban J connectivity index is 0.000000423. The Morgan fingerprint density at radius 2 is 1.77 bits per heavy atom. The Kier molecular flexibility index (Phi) is 8.29. The fraction of sp³-hybridized carbons (Fsp3) is 0.286. The fourth-order valence-electron chi connectivity index (χ4n) is 2.51. The molecule has 31 heavy (non-hydrogen) atoms. The monoisotopic (exact) mass is 436 g/mol. The van der Waals surface area contributed by atoms with Gasteiger partial charge in [-0.1, -0.05) is 35.9 Å². The molecule has 0 aliphatic carbocycles. The van der Waals surface area contributed by atoms with Crippen LogP contribution in [0.25, 0.3) is 5.82 Å². The molecule has 0 saturated heterocycles. The van der Waals surface area contributed by atoms with Crippen molar-refractivity contribution in [2.45, 2.75) is 32.2 Å². The number of hydrogen-bond donors (Lipinski definition) is 3. The predicted octanol–water partition coefficient (Wildman–Crippen LogP) is 3.59. The third-order valence-corrected chi connectivity index (χ3v) is 4.36. The molecule has 10 heteroatoms. The van der Waals surface area contributed by atoms with Gasteiger partial charge in [-0.05, 0) is 31.0 Å². The summed E-state index contributed by atoms with van der Waals surface area (Å²) < 4.78 is 33.6. The Bertz CT molecular complexity index is 944. The maximum absolute atomic E-state index is 10.6. The molecule has 3 aromatic rings. The van der Waals surface area contributed by atoms with Crippen molar-refractivity contribution in [2.24, 2.45) is 0 Å². The first kappa shape index (κ1) is 24.0. The largest absolute Gasteiger partial charge is 0.490 e. The van der Waals surface area contributed by atoms with Crippen molar-refractivity contribution in [1.29, 1.82) is 0 Å². The van der Waals surface area contributed by atoms with Gasteiger partial charge in [-0.15, -0.1) is 0 Å². The summed E-state index contributed by atoms with van der Waals surface area (Å²) in [6, 6.07) is 12.1. The molecule has 0 bridgehead atoms. The fourth-order valence-corrected chi connectivity index (χ4v) is 2.51. The molecule has 0 saturated carbocycles. The summed E-state index contributed by atoms with van der Waals surface area (Å²) in [5.74, 6) is -1.92. The summed E-state index contributed by atoms with van der Waals surface area (Å²) in [6.07, 6.45) is 1.56. The number of aryl methyl sites for hydroxylation is 1. The van der Waals surface area contributed by atoms with E-state index in [0.29, 0.717) is 6.54 Å². The predicted molar refractivity (Wildman–Crippen MR) is 108 cm³/mol. The van der Waals surface area contributed by atoms with Crippen molar-refractivity contribution in [3.63, 3.8) is 0 Å². The van der Waals surface area contributed by atoms with Gasteiger partial charge in [0.1, 0.15) is 12.1 Å². The van der Waals surface area contributed by atoms with Gasteiger partial charge in [0.25, 0.3) is 0 Å².